The number of nitrogens with one attached hydrogen (secondary N) is 3. The van der Waals surface area contributed by atoms with Gasteiger partial charge in [0.2, 0.25) is 0 Å². The van der Waals surface area contributed by atoms with Crippen LogP contribution in [0.15, 0.2) is 53.4 Å². The summed E-state index contributed by atoms with van der Waals surface area (Å²) in [5.74, 6) is -0.288. The van der Waals surface area contributed by atoms with Gasteiger partial charge in [0, 0.05) is 17.8 Å². The number of sulfonamides is 1. The van der Waals surface area contributed by atoms with Crippen LogP contribution in [0, 0.1) is 6.92 Å². The Kier molecular flexibility index (Phi) is 6.55. The lowest BCUT2D eigenvalue weighted by Gasteiger charge is -2.10. The quantitative estimate of drug-likeness (QED) is 0.629. The van der Waals surface area contributed by atoms with Crippen LogP contribution in [0.4, 0.5) is 5.69 Å². The number of aryl methyl sites for hydroxylation is 1. The summed E-state index contributed by atoms with van der Waals surface area (Å²) in [7, 11) is -1.91. The summed E-state index contributed by atoms with van der Waals surface area (Å²) in [6.45, 7) is 3.21. The second-order valence-corrected chi connectivity index (χ2v) is 7.40. The smallest absolute Gasteiger partial charge is 0.261 e. The number of benzene rings is 2. The lowest BCUT2D eigenvalue weighted by molar-refractivity contribution is 0.0953. The standard InChI is InChI=1S/C18H23N3O3S/c1-14-6-3-8-16(12-14)21-25(23,24)17-9-4-7-15(13-17)18(22)20-11-5-10-19-2/h3-4,6-9,12-13,19,21H,5,10-11H2,1-2H3,(H,20,22). The first-order chi connectivity index (χ1) is 11.9. The maximum Gasteiger partial charge on any atom is 0.261 e. The predicted octanol–water partition coefficient (Wildman–Crippen LogP) is 2.14. The molecule has 3 N–H and O–H groups in total. The molecular formula is C18H23N3O3S. The van der Waals surface area contributed by atoms with Crippen LogP contribution < -0.4 is 15.4 Å². The molecule has 0 aliphatic heterocycles. The Balaban J connectivity index is 2.12. The number of hydrogen-bond acceptors (Lipinski definition) is 4. The fourth-order valence-corrected chi connectivity index (χ4v) is 3.39. The maximum atomic E-state index is 12.5. The molecule has 0 saturated carbocycles. The highest BCUT2D eigenvalue weighted by atomic mass is 32.2. The molecule has 7 heteroatoms. The van der Waals surface area contributed by atoms with Gasteiger partial charge in [-0.1, -0.05) is 18.2 Å². The van der Waals surface area contributed by atoms with Gasteiger partial charge in [0.1, 0.15) is 0 Å². The number of amides is 1. The number of rotatable bonds is 8. The van der Waals surface area contributed by atoms with E-state index in [0.29, 0.717) is 17.8 Å². The molecule has 134 valence electrons. The molecule has 0 fully saturated rings. The summed E-state index contributed by atoms with van der Waals surface area (Å²) < 4.78 is 27.6. The van der Waals surface area contributed by atoms with Crippen LogP contribution in [-0.2, 0) is 10.0 Å². The van der Waals surface area contributed by atoms with Gasteiger partial charge in [-0.3, -0.25) is 9.52 Å². The second-order valence-electron chi connectivity index (χ2n) is 5.72. The normalized spacial score (nSPS) is 11.1. The SMILES string of the molecule is CNCCCNC(=O)c1cccc(S(=O)(=O)Nc2cccc(C)c2)c1. The second kappa shape index (κ2) is 8.64. The Morgan fingerprint density at radius 2 is 1.80 bits per heavy atom. The van der Waals surface area contributed by atoms with Crippen molar-refractivity contribution in [2.75, 3.05) is 24.9 Å². The van der Waals surface area contributed by atoms with Gasteiger partial charge in [-0.15, -0.1) is 0 Å². The lowest BCUT2D eigenvalue weighted by atomic mass is 10.2. The van der Waals surface area contributed by atoms with E-state index in [9.17, 15) is 13.2 Å². The summed E-state index contributed by atoms with van der Waals surface area (Å²) in [6.07, 6.45) is 0.801. The van der Waals surface area contributed by atoms with Gasteiger partial charge in [-0.2, -0.15) is 0 Å². The Labute approximate surface area is 148 Å². The van der Waals surface area contributed by atoms with E-state index in [0.717, 1.165) is 18.5 Å². The van der Waals surface area contributed by atoms with E-state index in [4.69, 9.17) is 0 Å². The highest BCUT2D eigenvalue weighted by Gasteiger charge is 2.16. The Hall–Kier alpha value is -2.38. The van der Waals surface area contributed by atoms with Crippen LogP contribution in [0.2, 0.25) is 0 Å². The highest BCUT2D eigenvalue weighted by molar-refractivity contribution is 7.92. The maximum absolute atomic E-state index is 12.5. The van der Waals surface area contributed by atoms with Gasteiger partial charge in [0.15, 0.2) is 0 Å². The molecule has 2 rings (SSSR count). The van der Waals surface area contributed by atoms with Gasteiger partial charge in [0.05, 0.1) is 4.90 Å². The fraction of sp³-hybridized carbons (Fsp3) is 0.278. The van der Waals surface area contributed by atoms with Crippen molar-refractivity contribution >= 4 is 21.6 Å². The largest absolute Gasteiger partial charge is 0.352 e. The molecule has 2 aromatic carbocycles. The molecule has 0 aromatic heterocycles. The molecule has 0 spiro atoms. The van der Waals surface area contributed by atoms with Crippen molar-refractivity contribution in [2.24, 2.45) is 0 Å². The first-order valence-electron chi connectivity index (χ1n) is 8.05. The minimum Gasteiger partial charge on any atom is -0.352 e. The molecule has 0 atom stereocenters. The number of hydrogen-bond donors (Lipinski definition) is 3. The summed E-state index contributed by atoms with van der Waals surface area (Å²) in [5, 5.41) is 5.77. The van der Waals surface area contributed by atoms with Crippen molar-refractivity contribution in [1.82, 2.24) is 10.6 Å². The van der Waals surface area contributed by atoms with E-state index in [1.54, 1.807) is 30.3 Å². The van der Waals surface area contributed by atoms with Crippen LogP contribution in [-0.4, -0.2) is 34.5 Å². The molecule has 1 amide bonds. The first kappa shape index (κ1) is 19.0. The van der Waals surface area contributed by atoms with E-state index >= 15 is 0 Å². The average molecular weight is 361 g/mol. The molecule has 2 aromatic rings. The third kappa shape index (κ3) is 5.58. The average Bonchev–Trinajstić information content (AvgIpc) is 2.58. The van der Waals surface area contributed by atoms with E-state index in [-0.39, 0.29) is 10.8 Å². The molecule has 6 nitrogen and oxygen atoms in total. The van der Waals surface area contributed by atoms with Gasteiger partial charge >= 0.3 is 0 Å². The van der Waals surface area contributed by atoms with E-state index in [1.165, 1.54) is 12.1 Å². The molecule has 0 aliphatic carbocycles. The molecule has 0 aliphatic rings. The van der Waals surface area contributed by atoms with Gasteiger partial charge < -0.3 is 10.6 Å². The van der Waals surface area contributed by atoms with Crippen molar-refractivity contribution in [3.05, 3.63) is 59.7 Å². The van der Waals surface area contributed by atoms with Crippen molar-refractivity contribution in [2.45, 2.75) is 18.2 Å². The molecular weight excluding hydrogens is 338 g/mol. The predicted molar refractivity (Wildman–Crippen MR) is 99.3 cm³/mol. The Morgan fingerprint density at radius 3 is 2.52 bits per heavy atom. The fourth-order valence-electron chi connectivity index (χ4n) is 2.30. The molecule has 0 bridgehead atoms. The summed E-state index contributed by atoms with van der Waals surface area (Å²) in [4.78, 5) is 12.2. The van der Waals surface area contributed by atoms with Crippen LogP contribution in [0.25, 0.3) is 0 Å². The van der Waals surface area contributed by atoms with Gasteiger partial charge in [-0.05, 0) is 62.8 Å². The number of carbonyl (C=O) groups excluding carboxylic acids is 1. The third-order valence-corrected chi connectivity index (χ3v) is 4.94. The van der Waals surface area contributed by atoms with Crippen LogP contribution in [0.3, 0.4) is 0 Å². The zero-order valence-corrected chi connectivity index (χ0v) is 15.2. The van der Waals surface area contributed by atoms with Crippen molar-refractivity contribution in [1.29, 1.82) is 0 Å². The minimum absolute atomic E-state index is 0.0527. The zero-order valence-electron chi connectivity index (χ0n) is 14.4. The summed E-state index contributed by atoms with van der Waals surface area (Å²) >= 11 is 0. The molecule has 0 saturated heterocycles. The number of carbonyl (C=O) groups is 1. The molecule has 0 radical (unpaired) electrons. The van der Waals surface area contributed by atoms with Gasteiger partial charge in [0.25, 0.3) is 15.9 Å². The monoisotopic (exact) mass is 361 g/mol. The summed E-state index contributed by atoms with van der Waals surface area (Å²) in [5.41, 5.74) is 1.76. The lowest BCUT2D eigenvalue weighted by Crippen LogP contribution is -2.26. The summed E-state index contributed by atoms with van der Waals surface area (Å²) in [6, 6.07) is 13.1. The molecule has 25 heavy (non-hydrogen) atoms. The van der Waals surface area contributed by atoms with Crippen molar-refractivity contribution < 1.29 is 13.2 Å². The van der Waals surface area contributed by atoms with Crippen LogP contribution >= 0.6 is 0 Å². The molecule has 0 unspecified atom stereocenters. The van der Waals surface area contributed by atoms with E-state index in [1.807, 2.05) is 20.0 Å². The van der Waals surface area contributed by atoms with E-state index in [2.05, 4.69) is 15.4 Å². The van der Waals surface area contributed by atoms with E-state index < -0.39 is 10.0 Å². The van der Waals surface area contributed by atoms with Crippen molar-refractivity contribution in [3.63, 3.8) is 0 Å². The molecule has 0 heterocycles. The van der Waals surface area contributed by atoms with Crippen molar-refractivity contribution in [3.8, 4) is 0 Å². The van der Waals surface area contributed by atoms with Gasteiger partial charge in [-0.25, -0.2) is 8.42 Å². The first-order valence-corrected chi connectivity index (χ1v) is 9.53. The Morgan fingerprint density at radius 1 is 1.04 bits per heavy atom. The topological polar surface area (TPSA) is 87.3 Å². The Bertz CT molecular complexity index is 835. The zero-order chi connectivity index (χ0) is 18.3. The van der Waals surface area contributed by atoms with Crippen LogP contribution in [0.1, 0.15) is 22.3 Å². The number of anilines is 1. The van der Waals surface area contributed by atoms with Crippen LogP contribution in [0.5, 0.6) is 0 Å². The highest BCUT2D eigenvalue weighted by Crippen LogP contribution is 2.18. The minimum atomic E-state index is -3.76. The third-order valence-electron chi connectivity index (χ3n) is 3.57.